The number of carbonyl (C=O) groups is 1. The third kappa shape index (κ3) is 4.85. The Morgan fingerprint density at radius 2 is 1.56 bits per heavy atom. The van der Waals surface area contributed by atoms with Crippen LogP contribution in [0.4, 0.5) is 5.69 Å². The molecule has 0 aliphatic heterocycles. The van der Waals surface area contributed by atoms with Crippen LogP contribution in [0.5, 0.6) is 0 Å². The normalized spacial score (nSPS) is 10.7. The van der Waals surface area contributed by atoms with Gasteiger partial charge in [0.25, 0.3) is 5.69 Å². The van der Waals surface area contributed by atoms with E-state index in [0.717, 1.165) is 16.7 Å². The van der Waals surface area contributed by atoms with Crippen molar-refractivity contribution >= 4 is 17.8 Å². The number of amides is 1. The Balaban J connectivity index is 1.59. The lowest BCUT2D eigenvalue weighted by Crippen LogP contribution is -2.20. The lowest BCUT2D eigenvalue weighted by Gasteiger charge is -2.03. The van der Waals surface area contributed by atoms with Gasteiger partial charge in [-0.05, 0) is 16.7 Å². The number of carbonyl (C=O) groups excluding carboxylic acids is 1. The van der Waals surface area contributed by atoms with E-state index in [9.17, 15) is 14.9 Å². The SMILES string of the molecule is O=C(Cc1ccccc1[N+](=O)[O-])N/N=C/c1ccc(-c2ccccc2)cc1. The first kappa shape index (κ1) is 18.0. The number of nitro groups is 1. The molecule has 0 aromatic heterocycles. The molecule has 0 atom stereocenters. The highest BCUT2D eigenvalue weighted by atomic mass is 16.6. The summed E-state index contributed by atoms with van der Waals surface area (Å²) in [6, 6.07) is 23.9. The van der Waals surface area contributed by atoms with Crippen LogP contribution < -0.4 is 5.43 Å². The second-order valence-corrected chi connectivity index (χ2v) is 5.84. The molecule has 3 aromatic rings. The van der Waals surface area contributed by atoms with E-state index in [1.54, 1.807) is 18.2 Å². The quantitative estimate of drug-likeness (QED) is 0.411. The lowest BCUT2D eigenvalue weighted by atomic mass is 10.0. The zero-order valence-corrected chi connectivity index (χ0v) is 14.4. The highest BCUT2D eigenvalue weighted by molar-refractivity contribution is 5.84. The van der Waals surface area contributed by atoms with Crippen molar-refractivity contribution in [3.8, 4) is 11.1 Å². The van der Waals surface area contributed by atoms with Gasteiger partial charge in [-0.25, -0.2) is 5.43 Å². The first-order chi connectivity index (χ1) is 13.1. The van der Waals surface area contributed by atoms with Gasteiger partial charge in [-0.3, -0.25) is 14.9 Å². The van der Waals surface area contributed by atoms with Crippen molar-refractivity contribution in [2.24, 2.45) is 5.10 Å². The molecule has 0 radical (unpaired) electrons. The minimum Gasteiger partial charge on any atom is -0.273 e. The molecule has 0 spiro atoms. The molecule has 0 saturated heterocycles. The van der Waals surface area contributed by atoms with Crippen molar-refractivity contribution in [3.63, 3.8) is 0 Å². The number of benzene rings is 3. The van der Waals surface area contributed by atoms with Crippen molar-refractivity contribution in [3.05, 3.63) is 100 Å². The van der Waals surface area contributed by atoms with Crippen LogP contribution in [-0.2, 0) is 11.2 Å². The van der Waals surface area contributed by atoms with E-state index in [0.29, 0.717) is 5.56 Å². The Morgan fingerprint density at radius 3 is 2.26 bits per heavy atom. The van der Waals surface area contributed by atoms with E-state index < -0.39 is 10.8 Å². The van der Waals surface area contributed by atoms with Gasteiger partial charge in [-0.2, -0.15) is 5.10 Å². The fourth-order valence-corrected chi connectivity index (χ4v) is 2.62. The summed E-state index contributed by atoms with van der Waals surface area (Å²) in [5.74, 6) is -0.415. The summed E-state index contributed by atoms with van der Waals surface area (Å²) in [6.45, 7) is 0. The number of nitrogens with zero attached hydrogens (tertiary/aromatic N) is 2. The Kier molecular flexibility index (Phi) is 5.69. The highest BCUT2D eigenvalue weighted by Gasteiger charge is 2.14. The van der Waals surface area contributed by atoms with Crippen molar-refractivity contribution in [1.82, 2.24) is 5.43 Å². The molecule has 0 unspecified atom stereocenters. The molecule has 3 rings (SSSR count). The van der Waals surface area contributed by atoms with Gasteiger partial charge in [0.05, 0.1) is 17.6 Å². The van der Waals surface area contributed by atoms with Gasteiger partial charge in [-0.15, -0.1) is 0 Å². The van der Waals surface area contributed by atoms with Gasteiger partial charge in [0, 0.05) is 11.6 Å². The van der Waals surface area contributed by atoms with Gasteiger partial charge in [-0.1, -0.05) is 72.8 Å². The minimum absolute atomic E-state index is 0.0758. The van der Waals surface area contributed by atoms with Crippen LogP contribution in [0.1, 0.15) is 11.1 Å². The summed E-state index contributed by atoms with van der Waals surface area (Å²) < 4.78 is 0. The molecule has 0 aliphatic rings. The Bertz CT molecular complexity index is 967. The summed E-state index contributed by atoms with van der Waals surface area (Å²) in [5.41, 5.74) is 5.72. The van der Waals surface area contributed by atoms with Gasteiger partial charge < -0.3 is 0 Å². The van der Waals surface area contributed by atoms with Crippen LogP contribution in [0.2, 0.25) is 0 Å². The molecule has 0 bridgehead atoms. The lowest BCUT2D eigenvalue weighted by molar-refractivity contribution is -0.385. The number of rotatable bonds is 6. The molecule has 0 saturated carbocycles. The van der Waals surface area contributed by atoms with Gasteiger partial charge >= 0.3 is 0 Å². The fourth-order valence-electron chi connectivity index (χ4n) is 2.62. The molecule has 27 heavy (non-hydrogen) atoms. The predicted octanol–water partition coefficient (Wildman–Crippen LogP) is 3.95. The zero-order valence-electron chi connectivity index (χ0n) is 14.4. The van der Waals surface area contributed by atoms with Crippen LogP contribution in [0.25, 0.3) is 11.1 Å². The smallest absolute Gasteiger partial charge is 0.273 e. The molecule has 3 aromatic carbocycles. The third-order valence-electron chi connectivity index (χ3n) is 3.96. The largest absolute Gasteiger partial charge is 0.273 e. The number of hydrazone groups is 1. The molecule has 6 nitrogen and oxygen atoms in total. The average Bonchev–Trinajstić information content (AvgIpc) is 2.69. The van der Waals surface area contributed by atoms with Crippen molar-refractivity contribution in [1.29, 1.82) is 0 Å². The summed E-state index contributed by atoms with van der Waals surface area (Å²) in [4.78, 5) is 22.4. The number of para-hydroxylation sites is 1. The second kappa shape index (κ2) is 8.53. The first-order valence-electron chi connectivity index (χ1n) is 8.33. The molecule has 0 fully saturated rings. The molecular weight excluding hydrogens is 342 g/mol. The molecule has 0 aliphatic carbocycles. The van der Waals surface area contributed by atoms with Crippen molar-refractivity contribution in [2.45, 2.75) is 6.42 Å². The molecule has 1 N–H and O–H groups in total. The van der Waals surface area contributed by atoms with Gasteiger partial charge in [0.15, 0.2) is 0 Å². The summed E-state index contributed by atoms with van der Waals surface area (Å²) in [5, 5.41) is 14.9. The molecule has 0 heterocycles. The minimum atomic E-state index is -0.500. The van der Waals surface area contributed by atoms with E-state index >= 15 is 0 Å². The first-order valence-corrected chi connectivity index (χ1v) is 8.33. The Hall–Kier alpha value is -3.80. The Labute approximate surface area is 156 Å². The topological polar surface area (TPSA) is 84.6 Å². The average molecular weight is 359 g/mol. The fraction of sp³-hybridized carbons (Fsp3) is 0.0476. The van der Waals surface area contributed by atoms with E-state index in [-0.39, 0.29) is 12.1 Å². The summed E-state index contributed by atoms with van der Waals surface area (Å²) in [6.07, 6.45) is 1.42. The van der Waals surface area contributed by atoms with E-state index in [2.05, 4.69) is 10.5 Å². The third-order valence-corrected chi connectivity index (χ3v) is 3.96. The number of hydrogen-bond donors (Lipinski definition) is 1. The molecule has 1 amide bonds. The Morgan fingerprint density at radius 1 is 0.926 bits per heavy atom. The van der Waals surface area contributed by atoms with Gasteiger partial charge in [0.2, 0.25) is 5.91 Å². The van der Waals surface area contributed by atoms with E-state index in [1.807, 2.05) is 54.6 Å². The number of nitro benzene ring substituents is 1. The van der Waals surface area contributed by atoms with Crippen LogP contribution in [0.15, 0.2) is 84.0 Å². The van der Waals surface area contributed by atoms with Crippen LogP contribution in [0, 0.1) is 10.1 Å². The van der Waals surface area contributed by atoms with Crippen LogP contribution >= 0.6 is 0 Å². The van der Waals surface area contributed by atoms with E-state index in [1.165, 1.54) is 12.3 Å². The van der Waals surface area contributed by atoms with Crippen LogP contribution in [-0.4, -0.2) is 17.0 Å². The molecule has 134 valence electrons. The number of nitrogens with one attached hydrogen (secondary N) is 1. The van der Waals surface area contributed by atoms with Crippen molar-refractivity contribution < 1.29 is 9.72 Å². The number of hydrogen-bond acceptors (Lipinski definition) is 4. The molecule has 6 heteroatoms. The summed E-state index contributed by atoms with van der Waals surface area (Å²) >= 11 is 0. The second-order valence-electron chi connectivity index (χ2n) is 5.84. The highest BCUT2D eigenvalue weighted by Crippen LogP contribution is 2.19. The monoisotopic (exact) mass is 359 g/mol. The van der Waals surface area contributed by atoms with Crippen LogP contribution in [0.3, 0.4) is 0 Å². The maximum absolute atomic E-state index is 12.0. The standard InChI is InChI=1S/C21H17N3O3/c25-21(14-19-8-4-5-9-20(19)24(26)27)23-22-15-16-10-12-18(13-11-16)17-6-2-1-3-7-17/h1-13,15H,14H2,(H,23,25)/b22-15+. The predicted molar refractivity (Wildman–Crippen MR) is 104 cm³/mol. The van der Waals surface area contributed by atoms with Crippen molar-refractivity contribution in [2.75, 3.05) is 0 Å². The maximum Gasteiger partial charge on any atom is 0.273 e. The zero-order chi connectivity index (χ0) is 19.1. The van der Waals surface area contributed by atoms with Gasteiger partial charge in [0.1, 0.15) is 0 Å². The van der Waals surface area contributed by atoms with E-state index in [4.69, 9.17) is 0 Å². The summed E-state index contributed by atoms with van der Waals surface area (Å²) in [7, 11) is 0. The molecular formula is C21H17N3O3. The maximum atomic E-state index is 12.0.